The zero-order valence-electron chi connectivity index (χ0n) is 25.6. The van der Waals surface area contributed by atoms with Crippen molar-refractivity contribution in [3.63, 3.8) is 0 Å². The fraction of sp³-hybridized carbons (Fsp3) is 0. The standard InChI is InChI=1S/C43H25N3OS/c1-3-12-26(13-4-1)41-44-42(27-14-5-2-6-15-27)46-43(45-41)33-19-11-20-34-39(33)31-23-22-29(24-35(31)47-34)38-30-17-8-7-16-28(30)25-37-40(38)32-18-9-10-21-36(32)48-37/h1-25H. The Morgan fingerprint density at radius 2 is 1.08 bits per heavy atom. The summed E-state index contributed by atoms with van der Waals surface area (Å²) < 4.78 is 9.21. The number of hydrogen-bond acceptors (Lipinski definition) is 5. The van der Waals surface area contributed by atoms with Gasteiger partial charge in [-0.05, 0) is 52.2 Å². The smallest absolute Gasteiger partial charge is 0.164 e. The molecule has 0 bridgehead atoms. The van der Waals surface area contributed by atoms with Crippen LogP contribution < -0.4 is 0 Å². The molecule has 4 nitrogen and oxygen atoms in total. The van der Waals surface area contributed by atoms with E-state index in [4.69, 9.17) is 19.4 Å². The van der Waals surface area contributed by atoms with Crippen molar-refractivity contribution >= 4 is 64.2 Å². The molecule has 0 aliphatic heterocycles. The Balaban J connectivity index is 1.21. The van der Waals surface area contributed by atoms with E-state index < -0.39 is 0 Å². The number of nitrogens with zero attached hydrogens (tertiary/aromatic N) is 3. The van der Waals surface area contributed by atoms with E-state index in [0.29, 0.717) is 17.5 Å². The van der Waals surface area contributed by atoms with Gasteiger partial charge in [0.05, 0.1) is 0 Å². The highest BCUT2D eigenvalue weighted by Gasteiger charge is 2.20. The second-order valence-electron chi connectivity index (χ2n) is 12.0. The number of benzene rings is 7. The molecule has 0 saturated carbocycles. The van der Waals surface area contributed by atoms with Crippen molar-refractivity contribution in [3.8, 4) is 45.3 Å². The fourth-order valence-corrected chi connectivity index (χ4v) is 8.11. The summed E-state index contributed by atoms with van der Waals surface area (Å²) in [6, 6.07) is 52.6. The van der Waals surface area contributed by atoms with Crippen molar-refractivity contribution in [2.75, 3.05) is 0 Å². The molecule has 10 aromatic rings. The van der Waals surface area contributed by atoms with E-state index in [1.807, 2.05) is 84.1 Å². The van der Waals surface area contributed by atoms with Gasteiger partial charge in [-0.2, -0.15) is 0 Å². The predicted molar refractivity (Wildman–Crippen MR) is 199 cm³/mol. The molecular weight excluding hydrogens is 607 g/mol. The summed E-state index contributed by atoms with van der Waals surface area (Å²) >= 11 is 1.85. The summed E-state index contributed by atoms with van der Waals surface area (Å²) in [6.45, 7) is 0. The molecule has 7 aromatic carbocycles. The monoisotopic (exact) mass is 631 g/mol. The largest absolute Gasteiger partial charge is 0.456 e. The second kappa shape index (κ2) is 10.7. The summed E-state index contributed by atoms with van der Waals surface area (Å²) in [6.07, 6.45) is 0. The van der Waals surface area contributed by atoms with Gasteiger partial charge in [-0.1, -0.05) is 121 Å². The lowest BCUT2D eigenvalue weighted by Gasteiger charge is -2.11. The number of hydrogen-bond donors (Lipinski definition) is 0. The predicted octanol–water partition coefficient (Wildman–Crippen LogP) is 12.0. The first-order chi connectivity index (χ1) is 23.8. The van der Waals surface area contributed by atoms with E-state index in [1.54, 1.807) is 0 Å². The molecule has 0 N–H and O–H groups in total. The SMILES string of the molecule is c1ccc(-c2nc(-c3ccccc3)nc(-c3cccc4oc5cc(-c6c7ccccc7cc7sc8ccccc8c67)ccc5c34)n2)cc1. The van der Waals surface area contributed by atoms with Crippen LogP contribution in [0.15, 0.2) is 156 Å². The van der Waals surface area contributed by atoms with Gasteiger partial charge < -0.3 is 4.42 Å². The average molecular weight is 632 g/mol. The van der Waals surface area contributed by atoms with Crippen molar-refractivity contribution in [1.82, 2.24) is 15.0 Å². The van der Waals surface area contributed by atoms with Crippen molar-refractivity contribution in [1.29, 1.82) is 0 Å². The van der Waals surface area contributed by atoms with Crippen LogP contribution in [0.25, 0.3) is 98.2 Å². The average Bonchev–Trinajstić information content (AvgIpc) is 3.72. The first-order valence-electron chi connectivity index (χ1n) is 15.9. The maximum atomic E-state index is 6.63. The third kappa shape index (κ3) is 4.25. The summed E-state index contributed by atoms with van der Waals surface area (Å²) in [5.74, 6) is 1.88. The van der Waals surface area contributed by atoms with Gasteiger partial charge in [0.15, 0.2) is 17.5 Å². The van der Waals surface area contributed by atoms with Crippen molar-refractivity contribution < 1.29 is 4.42 Å². The minimum atomic E-state index is 0.612. The Labute approximate surface area is 279 Å². The maximum absolute atomic E-state index is 6.63. The number of furan rings is 1. The molecule has 0 saturated heterocycles. The molecule has 5 heteroatoms. The van der Waals surface area contributed by atoms with Crippen LogP contribution in [0.5, 0.6) is 0 Å². The van der Waals surface area contributed by atoms with Gasteiger partial charge in [0.1, 0.15) is 11.2 Å². The van der Waals surface area contributed by atoms with E-state index in [9.17, 15) is 0 Å². The lowest BCUT2D eigenvalue weighted by molar-refractivity contribution is 0.669. The molecule has 10 rings (SSSR count). The molecular formula is C43H25N3OS. The Morgan fingerprint density at radius 3 is 1.85 bits per heavy atom. The highest BCUT2D eigenvalue weighted by atomic mass is 32.1. The van der Waals surface area contributed by atoms with Gasteiger partial charge in [-0.25, -0.2) is 15.0 Å². The van der Waals surface area contributed by atoms with Crippen LogP contribution in [0, 0.1) is 0 Å². The topological polar surface area (TPSA) is 51.8 Å². The van der Waals surface area contributed by atoms with Gasteiger partial charge in [0.25, 0.3) is 0 Å². The van der Waals surface area contributed by atoms with Gasteiger partial charge in [0.2, 0.25) is 0 Å². The van der Waals surface area contributed by atoms with Gasteiger partial charge in [-0.3, -0.25) is 0 Å². The van der Waals surface area contributed by atoms with Crippen LogP contribution >= 0.6 is 11.3 Å². The van der Waals surface area contributed by atoms with Crippen molar-refractivity contribution in [3.05, 3.63) is 152 Å². The Morgan fingerprint density at radius 1 is 0.417 bits per heavy atom. The molecule has 3 heterocycles. The van der Waals surface area contributed by atoms with Crippen molar-refractivity contribution in [2.24, 2.45) is 0 Å². The van der Waals surface area contributed by atoms with Crippen LogP contribution in [-0.2, 0) is 0 Å². The minimum absolute atomic E-state index is 0.612. The van der Waals surface area contributed by atoms with Gasteiger partial charge >= 0.3 is 0 Å². The first kappa shape index (κ1) is 27.0. The lowest BCUT2D eigenvalue weighted by atomic mass is 9.92. The molecule has 224 valence electrons. The molecule has 3 aromatic heterocycles. The van der Waals surface area contributed by atoms with Crippen LogP contribution in [0.4, 0.5) is 0 Å². The highest BCUT2D eigenvalue weighted by Crippen LogP contribution is 2.46. The van der Waals surface area contributed by atoms with E-state index in [-0.39, 0.29) is 0 Å². The second-order valence-corrected chi connectivity index (χ2v) is 13.1. The molecule has 0 aliphatic rings. The third-order valence-corrected chi connectivity index (χ3v) is 10.2. The van der Waals surface area contributed by atoms with E-state index in [2.05, 4.69) is 78.9 Å². The third-order valence-electron chi connectivity index (χ3n) is 9.12. The van der Waals surface area contributed by atoms with Crippen molar-refractivity contribution in [2.45, 2.75) is 0 Å². The lowest BCUT2D eigenvalue weighted by Crippen LogP contribution is -2.00. The van der Waals surface area contributed by atoms with Crippen LogP contribution in [0.1, 0.15) is 0 Å². The maximum Gasteiger partial charge on any atom is 0.164 e. The fourth-order valence-electron chi connectivity index (χ4n) is 6.95. The molecule has 0 atom stereocenters. The summed E-state index contributed by atoms with van der Waals surface area (Å²) in [4.78, 5) is 15.0. The molecule has 0 amide bonds. The molecule has 0 radical (unpaired) electrons. The number of thiophene rings is 1. The summed E-state index contributed by atoms with van der Waals surface area (Å²) in [5.41, 5.74) is 6.78. The first-order valence-corrected chi connectivity index (χ1v) is 16.8. The molecule has 0 fully saturated rings. The van der Waals surface area contributed by atoms with Gasteiger partial charge in [0, 0.05) is 47.6 Å². The molecule has 0 unspecified atom stereocenters. The van der Waals surface area contributed by atoms with Gasteiger partial charge in [-0.15, -0.1) is 11.3 Å². The molecule has 0 spiro atoms. The normalized spacial score (nSPS) is 11.8. The van der Waals surface area contributed by atoms with E-state index in [0.717, 1.165) is 44.2 Å². The van der Waals surface area contributed by atoms with Crippen LogP contribution in [0.3, 0.4) is 0 Å². The zero-order valence-corrected chi connectivity index (χ0v) is 26.4. The van der Waals surface area contributed by atoms with Crippen LogP contribution in [-0.4, -0.2) is 15.0 Å². The van der Waals surface area contributed by atoms with E-state index in [1.165, 1.54) is 36.5 Å². The number of rotatable bonds is 4. The number of aromatic nitrogens is 3. The minimum Gasteiger partial charge on any atom is -0.456 e. The van der Waals surface area contributed by atoms with E-state index >= 15 is 0 Å². The van der Waals surface area contributed by atoms with Crippen LogP contribution in [0.2, 0.25) is 0 Å². The highest BCUT2D eigenvalue weighted by molar-refractivity contribution is 7.26. The Hall–Kier alpha value is -6.17. The number of fused-ring (bicyclic) bond motifs is 7. The molecule has 48 heavy (non-hydrogen) atoms. The summed E-state index contributed by atoms with van der Waals surface area (Å²) in [5, 5.41) is 7.06. The Bertz CT molecular complexity index is 2780. The zero-order chi connectivity index (χ0) is 31.6. The molecule has 0 aliphatic carbocycles. The summed E-state index contributed by atoms with van der Waals surface area (Å²) in [7, 11) is 0. The quantitative estimate of drug-likeness (QED) is 0.194. The Kier molecular flexibility index (Phi) is 6.01.